The van der Waals surface area contributed by atoms with E-state index >= 15 is 0 Å². The maximum atomic E-state index is 12.5. The van der Waals surface area contributed by atoms with Gasteiger partial charge in [0.15, 0.2) is 0 Å². The van der Waals surface area contributed by atoms with Crippen molar-refractivity contribution < 1.29 is 14.3 Å². The number of ether oxygens (including phenoxy) is 1. The number of carbonyl (C=O) groups is 2. The molecule has 6 nitrogen and oxygen atoms in total. The van der Waals surface area contributed by atoms with E-state index in [-0.39, 0.29) is 0 Å². The van der Waals surface area contributed by atoms with Crippen molar-refractivity contribution in [3.8, 4) is 5.75 Å². The van der Waals surface area contributed by atoms with Gasteiger partial charge < -0.3 is 15.0 Å². The van der Waals surface area contributed by atoms with Crippen molar-refractivity contribution in [2.75, 3.05) is 38.6 Å². The van der Waals surface area contributed by atoms with Gasteiger partial charge in [0.2, 0.25) is 0 Å². The molecule has 1 aliphatic rings. The second kappa shape index (κ2) is 8.88. The van der Waals surface area contributed by atoms with E-state index in [0.717, 1.165) is 19.6 Å². The zero-order chi connectivity index (χ0) is 19.2. The SMILES string of the molecule is COc1ccc(Cl)cc1NC(=O)C(=O)N1CCN(Cc2ccccc2)CC1. The standard InChI is InChI=1S/C20H22ClN3O3/c1-27-18-8-7-16(21)13-17(18)22-19(25)20(26)24-11-9-23(10-12-24)14-15-5-3-2-4-6-15/h2-8,13H,9-12,14H2,1H3,(H,22,25). The first-order chi connectivity index (χ1) is 13.1. The molecule has 0 bridgehead atoms. The van der Waals surface area contributed by atoms with Gasteiger partial charge in [-0.15, -0.1) is 0 Å². The van der Waals surface area contributed by atoms with Gasteiger partial charge in [-0.1, -0.05) is 41.9 Å². The van der Waals surface area contributed by atoms with Gasteiger partial charge >= 0.3 is 11.8 Å². The van der Waals surface area contributed by atoms with Gasteiger partial charge in [0, 0.05) is 37.7 Å². The summed E-state index contributed by atoms with van der Waals surface area (Å²) in [5.41, 5.74) is 1.62. The van der Waals surface area contributed by atoms with E-state index in [1.807, 2.05) is 18.2 Å². The molecule has 1 aliphatic heterocycles. The molecule has 1 N–H and O–H groups in total. The fourth-order valence-corrected chi connectivity index (χ4v) is 3.22. The Morgan fingerprint density at radius 3 is 2.44 bits per heavy atom. The summed E-state index contributed by atoms with van der Waals surface area (Å²) in [4.78, 5) is 28.7. The van der Waals surface area contributed by atoms with E-state index in [0.29, 0.717) is 29.5 Å². The van der Waals surface area contributed by atoms with Crippen LogP contribution in [0.1, 0.15) is 5.56 Å². The van der Waals surface area contributed by atoms with Gasteiger partial charge in [-0.3, -0.25) is 14.5 Å². The number of carbonyl (C=O) groups excluding carboxylic acids is 2. The fraction of sp³-hybridized carbons (Fsp3) is 0.300. The summed E-state index contributed by atoms with van der Waals surface area (Å²) in [7, 11) is 1.49. The van der Waals surface area contributed by atoms with Crippen molar-refractivity contribution in [1.29, 1.82) is 0 Å². The van der Waals surface area contributed by atoms with E-state index in [2.05, 4.69) is 22.3 Å². The highest BCUT2D eigenvalue weighted by Crippen LogP contribution is 2.27. The molecule has 1 heterocycles. The van der Waals surface area contributed by atoms with Crippen molar-refractivity contribution in [2.45, 2.75) is 6.54 Å². The summed E-state index contributed by atoms with van der Waals surface area (Å²) in [6.07, 6.45) is 0. The number of hydrogen-bond acceptors (Lipinski definition) is 4. The highest BCUT2D eigenvalue weighted by atomic mass is 35.5. The quantitative estimate of drug-likeness (QED) is 0.819. The second-order valence-corrected chi connectivity index (χ2v) is 6.79. The molecule has 2 aromatic rings. The van der Waals surface area contributed by atoms with Crippen LogP contribution in [0.5, 0.6) is 5.75 Å². The molecule has 2 aromatic carbocycles. The number of piperazine rings is 1. The molecular formula is C20H22ClN3O3. The summed E-state index contributed by atoms with van der Waals surface area (Å²) >= 11 is 5.96. The van der Waals surface area contributed by atoms with Crippen molar-refractivity contribution in [2.24, 2.45) is 0 Å². The third-order valence-corrected chi connectivity index (χ3v) is 4.75. The lowest BCUT2D eigenvalue weighted by Crippen LogP contribution is -2.51. The maximum Gasteiger partial charge on any atom is 0.314 e. The molecular weight excluding hydrogens is 366 g/mol. The molecule has 0 radical (unpaired) electrons. The van der Waals surface area contributed by atoms with Crippen LogP contribution in [0, 0.1) is 0 Å². The summed E-state index contributed by atoms with van der Waals surface area (Å²) in [5, 5.41) is 3.05. The molecule has 142 valence electrons. The molecule has 0 aromatic heterocycles. The Labute approximate surface area is 163 Å². The summed E-state index contributed by atoms with van der Waals surface area (Å²) in [6.45, 7) is 3.34. The minimum Gasteiger partial charge on any atom is -0.495 e. The van der Waals surface area contributed by atoms with Crippen LogP contribution in [0.25, 0.3) is 0 Å². The van der Waals surface area contributed by atoms with Crippen LogP contribution in [-0.4, -0.2) is 54.9 Å². The molecule has 27 heavy (non-hydrogen) atoms. The number of methoxy groups -OCH3 is 1. The van der Waals surface area contributed by atoms with Crippen LogP contribution in [0.15, 0.2) is 48.5 Å². The van der Waals surface area contributed by atoms with E-state index < -0.39 is 11.8 Å². The molecule has 0 aliphatic carbocycles. The number of anilines is 1. The lowest BCUT2D eigenvalue weighted by atomic mass is 10.2. The Bertz CT molecular complexity index is 805. The summed E-state index contributed by atoms with van der Waals surface area (Å²) in [6, 6.07) is 15.1. The average molecular weight is 388 g/mol. The Morgan fingerprint density at radius 2 is 1.78 bits per heavy atom. The third kappa shape index (κ3) is 4.99. The van der Waals surface area contributed by atoms with Gasteiger partial charge in [0.1, 0.15) is 5.75 Å². The molecule has 0 saturated carbocycles. The van der Waals surface area contributed by atoms with Crippen LogP contribution in [-0.2, 0) is 16.1 Å². The minimum atomic E-state index is -0.688. The first-order valence-corrected chi connectivity index (χ1v) is 9.14. The van der Waals surface area contributed by atoms with Crippen LogP contribution < -0.4 is 10.1 Å². The molecule has 7 heteroatoms. The number of nitrogens with one attached hydrogen (secondary N) is 1. The van der Waals surface area contributed by atoms with E-state index in [9.17, 15) is 9.59 Å². The van der Waals surface area contributed by atoms with Crippen molar-refractivity contribution >= 4 is 29.1 Å². The minimum absolute atomic E-state index is 0.381. The molecule has 1 saturated heterocycles. The van der Waals surface area contributed by atoms with Gasteiger partial charge in [-0.2, -0.15) is 0 Å². The van der Waals surface area contributed by atoms with Crippen molar-refractivity contribution in [3.05, 3.63) is 59.1 Å². The van der Waals surface area contributed by atoms with Gasteiger partial charge in [-0.25, -0.2) is 0 Å². The van der Waals surface area contributed by atoms with Crippen molar-refractivity contribution in [1.82, 2.24) is 9.80 Å². The topological polar surface area (TPSA) is 61.9 Å². The fourth-order valence-electron chi connectivity index (χ4n) is 3.05. The largest absolute Gasteiger partial charge is 0.495 e. The Hall–Kier alpha value is -2.57. The van der Waals surface area contributed by atoms with E-state index in [1.54, 1.807) is 23.1 Å². The normalized spacial score (nSPS) is 14.7. The van der Waals surface area contributed by atoms with Crippen molar-refractivity contribution in [3.63, 3.8) is 0 Å². The maximum absolute atomic E-state index is 12.5. The van der Waals surface area contributed by atoms with Gasteiger partial charge in [0.25, 0.3) is 0 Å². The number of halogens is 1. The Morgan fingerprint density at radius 1 is 1.07 bits per heavy atom. The molecule has 1 fully saturated rings. The van der Waals surface area contributed by atoms with Crippen LogP contribution in [0.4, 0.5) is 5.69 Å². The predicted octanol–water partition coefficient (Wildman–Crippen LogP) is 2.63. The number of hydrogen-bond donors (Lipinski definition) is 1. The number of nitrogens with zero attached hydrogens (tertiary/aromatic N) is 2. The zero-order valence-corrected chi connectivity index (χ0v) is 15.9. The average Bonchev–Trinajstić information content (AvgIpc) is 2.69. The van der Waals surface area contributed by atoms with E-state index in [4.69, 9.17) is 16.3 Å². The molecule has 3 rings (SSSR count). The zero-order valence-electron chi connectivity index (χ0n) is 15.2. The number of rotatable bonds is 4. The first-order valence-electron chi connectivity index (χ1n) is 8.77. The summed E-state index contributed by atoms with van der Waals surface area (Å²) in [5.74, 6) is -0.781. The monoisotopic (exact) mass is 387 g/mol. The molecule has 0 atom stereocenters. The van der Waals surface area contributed by atoms with Crippen LogP contribution in [0.2, 0.25) is 5.02 Å². The highest BCUT2D eigenvalue weighted by molar-refractivity contribution is 6.40. The number of benzene rings is 2. The molecule has 2 amide bonds. The Balaban J connectivity index is 1.54. The van der Waals surface area contributed by atoms with Gasteiger partial charge in [0.05, 0.1) is 12.8 Å². The molecule has 0 unspecified atom stereocenters. The van der Waals surface area contributed by atoms with Crippen LogP contribution in [0.3, 0.4) is 0 Å². The summed E-state index contributed by atoms with van der Waals surface area (Å²) < 4.78 is 5.19. The lowest BCUT2D eigenvalue weighted by molar-refractivity contribution is -0.144. The predicted molar refractivity (Wildman–Crippen MR) is 105 cm³/mol. The second-order valence-electron chi connectivity index (χ2n) is 6.35. The first kappa shape index (κ1) is 19.2. The smallest absolute Gasteiger partial charge is 0.314 e. The number of amides is 2. The highest BCUT2D eigenvalue weighted by Gasteiger charge is 2.26. The third-order valence-electron chi connectivity index (χ3n) is 4.51. The van der Waals surface area contributed by atoms with Gasteiger partial charge in [-0.05, 0) is 23.8 Å². The van der Waals surface area contributed by atoms with E-state index in [1.165, 1.54) is 12.7 Å². The Kier molecular flexibility index (Phi) is 6.32. The molecule has 0 spiro atoms. The van der Waals surface area contributed by atoms with Crippen LogP contribution >= 0.6 is 11.6 Å². The lowest BCUT2D eigenvalue weighted by Gasteiger charge is -2.34.